The second-order valence-electron chi connectivity index (χ2n) is 13.7. The molecule has 0 saturated heterocycles. The minimum absolute atomic E-state index is 0.00873. The van der Waals surface area contributed by atoms with E-state index in [0.717, 1.165) is 49.8 Å². The molecular weight excluding hydrogens is 557 g/mol. The van der Waals surface area contributed by atoms with E-state index in [1.54, 1.807) is 30.3 Å². The zero-order valence-corrected chi connectivity index (χ0v) is 26.5. The Bertz CT molecular complexity index is 1270. The standard InChI is InChI=1S/C35H45F3O5/c1-32(2,3)23-35(33(4,5)34(35,6)7)31(40)42-19-11-9-8-10-18-41-26-15-12-24(13-16-26)14-17-29(39)43-22-25-20-27(36)30(38)28(37)21-25/h12-17,20-21H,8-11,18-19,22-23H2,1-7H3/b17-14+. The number of hydrogen-bond acceptors (Lipinski definition) is 5. The monoisotopic (exact) mass is 602 g/mol. The van der Waals surface area contributed by atoms with E-state index in [2.05, 4.69) is 48.5 Å². The van der Waals surface area contributed by atoms with Gasteiger partial charge in [-0.3, -0.25) is 4.79 Å². The molecule has 1 aliphatic rings. The van der Waals surface area contributed by atoms with Gasteiger partial charge < -0.3 is 14.2 Å². The number of benzene rings is 2. The lowest BCUT2D eigenvalue weighted by Crippen LogP contribution is -2.31. The van der Waals surface area contributed by atoms with Gasteiger partial charge in [0.1, 0.15) is 12.4 Å². The summed E-state index contributed by atoms with van der Waals surface area (Å²) in [7, 11) is 0. The molecule has 0 N–H and O–H groups in total. The van der Waals surface area contributed by atoms with Crippen LogP contribution in [-0.4, -0.2) is 25.2 Å². The molecular formula is C35H45F3O5. The topological polar surface area (TPSA) is 61.8 Å². The zero-order valence-electron chi connectivity index (χ0n) is 26.5. The Morgan fingerprint density at radius 1 is 0.814 bits per heavy atom. The fourth-order valence-corrected chi connectivity index (χ4v) is 6.02. The third-order valence-electron chi connectivity index (χ3n) is 9.04. The smallest absolute Gasteiger partial charge is 0.331 e. The molecule has 0 unspecified atom stereocenters. The Morgan fingerprint density at radius 2 is 1.37 bits per heavy atom. The van der Waals surface area contributed by atoms with Crippen molar-refractivity contribution in [3.05, 3.63) is 71.1 Å². The Kier molecular flexibility index (Phi) is 10.8. The summed E-state index contributed by atoms with van der Waals surface area (Å²) in [6, 6.07) is 8.72. The molecule has 0 radical (unpaired) electrons. The summed E-state index contributed by atoms with van der Waals surface area (Å²) >= 11 is 0. The van der Waals surface area contributed by atoms with E-state index in [9.17, 15) is 22.8 Å². The molecule has 8 heteroatoms. The number of ether oxygens (including phenoxy) is 3. The Balaban J connectivity index is 1.31. The zero-order chi connectivity index (χ0) is 32.1. The number of rotatable bonds is 14. The van der Waals surface area contributed by atoms with Gasteiger partial charge in [-0.1, -0.05) is 60.6 Å². The summed E-state index contributed by atoms with van der Waals surface area (Å²) in [5.41, 5.74) is 0.139. The highest BCUT2D eigenvalue weighted by molar-refractivity contribution is 5.87. The largest absolute Gasteiger partial charge is 0.494 e. The van der Waals surface area contributed by atoms with Gasteiger partial charge in [-0.15, -0.1) is 0 Å². The first kappa shape index (κ1) is 34.2. The fourth-order valence-electron chi connectivity index (χ4n) is 6.02. The van der Waals surface area contributed by atoms with Gasteiger partial charge in [-0.2, -0.15) is 0 Å². The van der Waals surface area contributed by atoms with E-state index in [0.29, 0.717) is 19.0 Å². The number of esters is 2. The average Bonchev–Trinajstić information content (AvgIpc) is 3.27. The number of halogens is 3. The van der Waals surface area contributed by atoms with Crippen LogP contribution in [-0.2, 0) is 25.7 Å². The number of hydrogen-bond donors (Lipinski definition) is 0. The second-order valence-corrected chi connectivity index (χ2v) is 13.7. The van der Waals surface area contributed by atoms with Crippen molar-refractivity contribution in [2.45, 2.75) is 87.2 Å². The van der Waals surface area contributed by atoms with Crippen molar-refractivity contribution in [3.63, 3.8) is 0 Å². The van der Waals surface area contributed by atoms with Gasteiger partial charge in [0.25, 0.3) is 0 Å². The third kappa shape index (κ3) is 8.01. The predicted octanol–water partition coefficient (Wildman–Crippen LogP) is 8.83. The first-order chi connectivity index (χ1) is 20.0. The van der Waals surface area contributed by atoms with Crippen molar-refractivity contribution in [2.75, 3.05) is 13.2 Å². The first-order valence-corrected chi connectivity index (χ1v) is 14.9. The quantitative estimate of drug-likeness (QED) is 0.0936. The maximum Gasteiger partial charge on any atom is 0.331 e. The van der Waals surface area contributed by atoms with Crippen molar-refractivity contribution in [1.82, 2.24) is 0 Å². The van der Waals surface area contributed by atoms with E-state index in [1.807, 2.05) is 0 Å². The Hall–Kier alpha value is -3.29. The van der Waals surface area contributed by atoms with Crippen LogP contribution in [0.25, 0.3) is 6.08 Å². The molecule has 0 aromatic heterocycles. The van der Waals surface area contributed by atoms with Crippen LogP contribution < -0.4 is 4.74 Å². The van der Waals surface area contributed by atoms with E-state index >= 15 is 0 Å². The molecule has 2 aromatic carbocycles. The van der Waals surface area contributed by atoms with Gasteiger partial charge in [-0.25, -0.2) is 18.0 Å². The van der Waals surface area contributed by atoms with Crippen molar-refractivity contribution >= 4 is 18.0 Å². The van der Waals surface area contributed by atoms with Gasteiger partial charge in [0.15, 0.2) is 17.5 Å². The molecule has 5 nitrogen and oxygen atoms in total. The highest BCUT2D eigenvalue weighted by atomic mass is 19.2. The molecule has 2 aromatic rings. The van der Waals surface area contributed by atoms with E-state index < -0.39 is 28.8 Å². The number of unbranched alkanes of at least 4 members (excludes halogenated alkanes) is 3. The highest BCUT2D eigenvalue weighted by Gasteiger charge is 2.81. The van der Waals surface area contributed by atoms with Crippen LogP contribution in [0.4, 0.5) is 13.2 Å². The molecule has 236 valence electrons. The molecule has 1 fully saturated rings. The molecule has 3 rings (SSSR count). The van der Waals surface area contributed by atoms with Crippen molar-refractivity contribution < 1.29 is 37.0 Å². The summed E-state index contributed by atoms with van der Waals surface area (Å²) in [5.74, 6) is -4.31. The van der Waals surface area contributed by atoms with E-state index in [-0.39, 0.29) is 34.4 Å². The van der Waals surface area contributed by atoms with Crippen LogP contribution in [0.15, 0.2) is 42.5 Å². The third-order valence-corrected chi connectivity index (χ3v) is 9.04. The second kappa shape index (κ2) is 13.6. The summed E-state index contributed by atoms with van der Waals surface area (Å²) in [5, 5.41) is 0. The minimum Gasteiger partial charge on any atom is -0.494 e. The van der Waals surface area contributed by atoms with Crippen LogP contribution in [0.1, 0.15) is 91.7 Å². The Labute approximate surface area is 253 Å². The maximum atomic E-state index is 13.3. The molecule has 0 heterocycles. The van der Waals surface area contributed by atoms with Crippen molar-refractivity contribution in [3.8, 4) is 5.75 Å². The normalized spacial score (nSPS) is 16.6. The van der Waals surface area contributed by atoms with Crippen molar-refractivity contribution in [2.24, 2.45) is 21.7 Å². The van der Waals surface area contributed by atoms with Gasteiger partial charge in [0, 0.05) is 6.08 Å². The SMILES string of the molecule is CC(C)(C)CC1(C(=O)OCCCCCCOc2ccc(/C=C/C(=O)OCc3cc(F)c(F)c(F)c3)cc2)C(C)(C)C1(C)C. The first-order valence-electron chi connectivity index (χ1n) is 14.9. The highest BCUT2D eigenvalue weighted by Crippen LogP contribution is 2.81. The van der Waals surface area contributed by atoms with Crippen LogP contribution in [0, 0.1) is 39.1 Å². The minimum atomic E-state index is -1.57. The lowest BCUT2D eigenvalue weighted by molar-refractivity contribution is -0.154. The maximum absolute atomic E-state index is 13.3. The fraction of sp³-hybridized carbons (Fsp3) is 0.543. The van der Waals surface area contributed by atoms with Crippen LogP contribution >= 0.6 is 0 Å². The van der Waals surface area contributed by atoms with Gasteiger partial charge in [0.05, 0.1) is 18.6 Å². The van der Waals surface area contributed by atoms with Crippen LogP contribution in [0.3, 0.4) is 0 Å². The molecule has 0 spiro atoms. The van der Waals surface area contributed by atoms with Crippen LogP contribution in [0.2, 0.25) is 0 Å². The molecule has 43 heavy (non-hydrogen) atoms. The summed E-state index contributed by atoms with van der Waals surface area (Å²) in [4.78, 5) is 25.2. The summed E-state index contributed by atoms with van der Waals surface area (Å²) in [6.07, 6.45) is 7.14. The van der Waals surface area contributed by atoms with E-state index in [4.69, 9.17) is 14.2 Å². The molecule has 0 aliphatic heterocycles. The van der Waals surface area contributed by atoms with E-state index in [1.165, 1.54) is 6.08 Å². The molecule has 0 bridgehead atoms. The molecule has 0 atom stereocenters. The molecule has 1 aliphatic carbocycles. The van der Waals surface area contributed by atoms with Crippen molar-refractivity contribution in [1.29, 1.82) is 0 Å². The average molecular weight is 603 g/mol. The summed E-state index contributed by atoms with van der Waals surface area (Å²) in [6.45, 7) is 15.8. The number of carbonyl (C=O) groups excluding carboxylic acids is 2. The number of carbonyl (C=O) groups is 2. The molecule has 1 saturated carbocycles. The summed E-state index contributed by atoms with van der Waals surface area (Å²) < 4.78 is 56.1. The van der Waals surface area contributed by atoms with Gasteiger partial charge in [0.2, 0.25) is 0 Å². The lowest BCUT2D eigenvalue weighted by atomic mass is 9.77. The van der Waals surface area contributed by atoms with Crippen LogP contribution in [0.5, 0.6) is 5.75 Å². The molecule has 0 amide bonds. The van der Waals surface area contributed by atoms with Gasteiger partial charge in [-0.05, 0) is 89.8 Å². The predicted molar refractivity (Wildman–Crippen MR) is 161 cm³/mol. The van der Waals surface area contributed by atoms with Gasteiger partial charge >= 0.3 is 11.9 Å². The lowest BCUT2D eigenvalue weighted by Gasteiger charge is -2.28. The Morgan fingerprint density at radius 3 is 1.91 bits per heavy atom.